The van der Waals surface area contributed by atoms with Crippen molar-refractivity contribution in [2.45, 2.75) is 117 Å². The molecule has 4 heteroatoms. The van der Waals surface area contributed by atoms with Crippen molar-refractivity contribution in [3.63, 3.8) is 0 Å². The van der Waals surface area contributed by atoms with Crippen molar-refractivity contribution in [3.8, 4) is 0 Å². The summed E-state index contributed by atoms with van der Waals surface area (Å²) in [5, 5.41) is 19.2. The number of aliphatic hydroxyl groups is 1. The van der Waals surface area contributed by atoms with Crippen LogP contribution in [0.3, 0.4) is 0 Å². The number of nitrogens with one attached hydrogen (secondary N) is 1. The highest BCUT2D eigenvalue weighted by atomic mass is 16.5. The monoisotopic (exact) mass is 447 g/mol. The summed E-state index contributed by atoms with van der Waals surface area (Å²) in [6, 6.07) is 0. The van der Waals surface area contributed by atoms with E-state index in [0.717, 1.165) is 36.5 Å². The van der Waals surface area contributed by atoms with Crippen molar-refractivity contribution in [1.82, 2.24) is 5.48 Å². The van der Waals surface area contributed by atoms with Gasteiger partial charge in [0, 0.05) is 6.42 Å². The fourth-order valence-corrected chi connectivity index (χ4v) is 9.83. The topological polar surface area (TPSA) is 69.6 Å². The molecule has 0 unspecified atom stereocenters. The standard InChI is InChI=1S/C28H49NO3/c1-18(6-11-25(30)29-32)22-9-10-23-21-8-7-20-16-19(17-26(2,3)31)12-14-27(20,4)24(21)13-15-28(22,23)5/h18-24,31-32H,6-17H2,1-5H3,(H,29,30)/t18-,19-,20-,21+,22-,23+,24+,27+,28-/m1/s1. The minimum absolute atomic E-state index is 0.244. The second kappa shape index (κ2) is 8.87. The molecule has 0 radical (unpaired) electrons. The third-order valence-corrected chi connectivity index (χ3v) is 11.3. The average molecular weight is 448 g/mol. The van der Waals surface area contributed by atoms with Gasteiger partial charge in [-0.1, -0.05) is 20.8 Å². The highest BCUT2D eigenvalue weighted by molar-refractivity contribution is 5.74. The number of hydrogen-bond donors (Lipinski definition) is 3. The molecule has 4 saturated carbocycles. The first-order valence-corrected chi connectivity index (χ1v) is 13.6. The van der Waals surface area contributed by atoms with Crippen LogP contribution < -0.4 is 5.48 Å². The lowest BCUT2D eigenvalue weighted by atomic mass is 9.43. The van der Waals surface area contributed by atoms with Crippen LogP contribution in [0, 0.1) is 52.3 Å². The lowest BCUT2D eigenvalue weighted by molar-refractivity contribution is -0.130. The van der Waals surface area contributed by atoms with Gasteiger partial charge in [0.05, 0.1) is 5.60 Å². The van der Waals surface area contributed by atoms with Crippen molar-refractivity contribution < 1.29 is 15.1 Å². The van der Waals surface area contributed by atoms with Crippen LogP contribution in [0.1, 0.15) is 112 Å². The fourth-order valence-electron chi connectivity index (χ4n) is 9.83. The van der Waals surface area contributed by atoms with Crippen LogP contribution in [0.15, 0.2) is 0 Å². The van der Waals surface area contributed by atoms with E-state index in [4.69, 9.17) is 5.21 Å². The maximum absolute atomic E-state index is 11.6. The number of amides is 1. The quantitative estimate of drug-likeness (QED) is 0.328. The van der Waals surface area contributed by atoms with Gasteiger partial charge in [0.2, 0.25) is 5.91 Å². The molecule has 184 valence electrons. The van der Waals surface area contributed by atoms with Gasteiger partial charge in [0.25, 0.3) is 0 Å². The van der Waals surface area contributed by atoms with Gasteiger partial charge >= 0.3 is 0 Å². The van der Waals surface area contributed by atoms with Gasteiger partial charge in [-0.05, 0) is 137 Å². The third kappa shape index (κ3) is 4.40. The molecule has 4 fully saturated rings. The van der Waals surface area contributed by atoms with Crippen molar-refractivity contribution in [1.29, 1.82) is 0 Å². The third-order valence-electron chi connectivity index (χ3n) is 11.3. The van der Waals surface area contributed by atoms with Gasteiger partial charge in [-0.2, -0.15) is 0 Å². The van der Waals surface area contributed by atoms with E-state index < -0.39 is 5.60 Å². The summed E-state index contributed by atoms with van der Waals surface area (Å²) in [5.41, 5.74) is 2.21. The van der Waals surface area contributed by atoms with E-state index in [9.17, 15) is 9.90 Å². The lowest BCUT2D eigenvalue weighted by Crippen LogP contribution is -2.54. The Hall–Kier alpha value is -0.610. The maximum Gasteiger partial charge on any atom is 0.243 e. The molecule has 1 amide bonds. The summed E-state index contributed by atoms with van der Waals surface area (Å²) < 4.78 is 0. The Morgan fingerprint density at radius 2 is 1.72 bits per heavy atom. The van der Waals surface area contributed by atoms with Gasteiger partial charge in [0.15, 0.2) is 0 Å². The van der Waals surface area contributed by atoms with Crippen molar-refractivity contribution in [2.75, 3.05) is 0 Å². The molecule has 3 N–H and O–H groups in total. The Labute approximate surface area is 196 Å². The number of fused-ring (bicyclic) bond motifs is 5. The molecule has 4 nitrogen and oxygen atoms in total. The first-order chi connectivity index (χ1) is 15.0. The number of rotatable bonds is 6. The summed E-state index contributed by atoms with van der Waals surface area (Å²) in [6.07, 6.45) is 14.5. The zero-order chi connectivity index (χ0) is 23.3. The highest BCUT2D eigenvalue weighted by Crippen LogP contribution is 2.68. The van der Waals surface area contributed by atoms with Crippen molar-refractivity contribution in [2.24, 2.45) is 52.3 Å². The SMILES string of the molecule is C[C@H](CCC(=O)NO)[C@H]1CC[C@H]2[C@@H]3CC[C@@H]4C[C@H](CC(C)(C)O)CC[C@]4(C)[C@H]3CC[C@]12C. The first-order valence-electron chi connectivity index (χ1n) is 13.6. The average Bonchev–Trinajstić information content (AvgIpc) is 3.08. The summed E-state index contributed by atoms with van der Waals surface area (Å²) in [4.78, 5) is 11.6. The number of hydroxylamine groups is 1. The van der Waals surface area contributed by atoms with E-state index in [1.165, 1.54) is 57.8 Å². The molecule has 0 heterocycles. The van der Waals surface area contributed by atoms with Crippen LogP contribution in [0.2, 0.25) is 0 Å². The Morgan fingerprint density at radius 1 is 1.03 bits per heavy atom. The zero-order valence-corrected chi connectivity index (χ0v) is 21.3. The van der Waals surface area contributed by atoms with Gasteiger partial charge in [-0.3, -0.25) is 10.0 Å². The summed E-state index contributed by atoms with van der Waals surface area (Å²) in [5.74, 6) is 5.19. The molecule has 4 aliphatic carbocycles. The maximum atomic E-state index is 11.6. The molecule has 0 saturated heterocycles. The zero-order valence-electron chi connectivity index (χ0n) is 21.3. The van der Waals surface area contributed by atoms with E-state index in [1.807, 2.05) is 19.3 Å². The van der Waals surface area contributed by atoms with Gasteiger partial charge in [-0.15, -0.1) is 0 Å². The minimum Gasteiger partial charge on any atom is -0.390 e. The van der Waals surface area contributed by atoms with E-state index in [2.05, 4.69) is 20.8 Å². The molecule has 4 rings (SSSR count). The molecule has 32 heavy (non-hydrogen) atoms. The molecule has 4 aliphatic rings. The molecular formula is C28H49NO3. The lowest BCUT2D eigenvalue weighted by Gasteiger charge is -2.61. The fraction of sp³-hybridized carbons (Fsp3) is 0.964. The van der Waals surface area contributed by atoms with Gasteiger partial charge in [0.1, 0.15) is 0 Å². The normalized spacial score (nSPS) is 44.8. The number of carbonyl (C=O) groups is 1. The van der Waals surface area contributed by atoms with Crippen LogP contribution in [-0.4, -0.2) is 21.8 Å². The summed E-state index contributed by atoms with van der Waals surface area (Å²) in [7, 11) is 0. The van der Waals surface area contributed by atoms with Crippen LogP contribution >= 0.6 is 0 Å². The van der Waals surface area contributed by atoms with E-state index in [-0.39, 0.29) is 5.91 Å². The molecule has 0 bridgehead atoms. The largest absolute Gasteiger partial charge is 0.390 e. The molecule has 0 aromatic rings. The molecule has 0 aromatic carbocycles. The van der Waals surface area contributed by atoms with Crippen LogP contribution in [0.25, 0.3) is 0 Å². The smallest absolute Gasteiger partial charge is 0.243 e. The predicted octanol–water partition coefficient (Wildman–Crippen LogP) is 6.34. The molecule has 9 atom stereocenters. The Bertz CT molecular complexity index is 687. The van der Waals surface area contributed by atoms with Crippen molar-refractivity contribution >= 4 is 5.91 Å². The van der Waals surface area contributed by atoms with Crippen molar-refractivity contribution in [3.05, 3.63) is 0 Å². The predicted molar refractivity (Wildman–Crippen MR) is 128 cm³/mol. The molecular weight excluding hydrogens is 398 g/mol. The second-order valence-electron chi connectivity index (χ2n) is 13.6. The number of hydrogen-bond acceptors (Lipinski definition) is 3. The minimum atomic E-state index is -0.532. The van der Waals surface area contributed by atoms with Crippen LogP contribution in [0.5, 0.6) is 0 Å². The van der Waals surface area contributed by atoms with E-state index in [1.54, 1.807) is 0 Å². The number of carbonyl (C=O) groups excluding carboxylic acids is 1. The van der Waals surface area contributed by atoms with Gasteiger partial charge < -0.3 is 5.11 Å². The van der Waals surface area contributed by atoms with Crippen LogP contribution in [0.4, 0.5) is 0 Å². The van der Waals surface area contributed by atoms with E-state index in [0.29, 0.717) is 35.0 Å². The molecule has 0 spiro atoms. The van der Waals surface area contributed by atoms with E-state index >= 15 is 0 Å². The first kappa shape index (κ1) is 24.5. The Morgan fingerprint density at radius 3 is 2.41 bits per heavy atom. The molecule has 0 aromatic heterocycles. The summed E-state index contributed by atoms with van der Waals surface area (Å²) in [6.45, 7) is 11.5. The Balaban J connectivity index is 1.44. The Kier molecular flexibility index (Phi) is 6.80. The van der Waals surface area contributed by atoms with Gasteiger partial charge in [-0.25, -0.2) is 5.48 Å². The highest BCUT2D eigenvalue weighted by Gasteiger charge is 2.60. The summed E-state index contributed by atoms with van der Waals surface area (Å²) >= 11 is 0. The molecule has 0 aliphatic heterocycles. The van der Waals surface area contributed by atoms with Crippen LogP contribution in [-0.2, 0) is 4.79 Å². The second-order valence-corrected chi connectivity index (χ2v) is 13.6.